The third kappa shape index (κ3) is 5.85. The smallest absolute Gasteiger partial charge is 0.317 e. The zero-order valence-electron chi connectivity index (χ0n) is 19.0. The van der Waals surface area contributed by atoms with Crippen molar-refractivity contribution in [2.75, 3.05) is 18.4 Å². The Hall–Kier alpha value is -2.33. The summed E-state index contributed by atoms with van der Waals surface area (Å²) in [6, 6.07) is 17.3. The fourth-order valence-electron chi connectivity index (χ4n) is 4.40. The van der Waals surface area contributed by atoms with Gasteiger partial charge in [0.15, 0.2) is 0 Å². The lowest BCUT2D eigenvalue weighted by Crippen LogP contribution is -2.50. The Labute approximate surface area is 182 Å². The van der Waals surface area contributed by atoms with E-state index in [1.807, 2.05) is 29.2 Å². The summed E-state index contributed by atoms with van der Waals surface area (Å²) >= 11 is 0. The molecule has 1 aliphatic rings. The van der Waals surface area contributed by atoms with Crippen molar-refractivity contribution < 1.29 is 4.79 Å². The summed E-state index contributed by atoms with van der Waals surface area (Å²) in [5.74, 6) is 0. The van der Waals surface area contributed by atoms with E-state index in [1.165, 1.54) is 29.5 Å². The van der Waals surface area contributed by atoms with E-state index < -0.39 is 0 Å². The van der Waals surface area contributed by atoms with E-state index in [-0.39, 0.29) is 12.1 Å². The fraction of sp³-hybridized carbons (Fsp3) is 0.500. The topological polar surface area (TPSA) is 35.6 Å². The van der Waals surface area contributed by atoms with Crippen LogP contribution in [0.25, 0.3) is 0 Å². The summed E-state index contributed by atoms with van der Waals surface area (Å²) in [6.45, 7) is 11.5. The molecule has 4 heteroatoms. The highest BCUT2D eigenvalue weighted by molar-refractivity contribution is 5.89. The maximum atomic E-state index is 13.3. The maximum absolute atomic E-state index is 13.3. The number of aryl methyl sites for hydroxylation is 2. The Balaban J connectivity index is 1.72. The number of urea groups is 1. The average molecular weight is 408 g/mol. The molecule has 2 aromatic rings. The van der Waals surface area contributed by atoms with Crippen molar-refractivity contribution in [3.05, 3.63) is 65.2 Å². The van der Waals surface area contributed by atoms with Crippen LogP contribution in [-0.4, -0.2) is 41.0 Å². The van der Waals surface area contributed by atoms with Crippen LogP contribution in [0.2, 0.25) is 0 Å². The number of piperidine rings is 1. The quantitative estimate of drug-likeness (QED) is 0.612. The molecule has 30 heavy (non-hydrogen) atoms. The molecular formula is C26H37N3O. The van der Waals surface area contributed by atoms with Crippen LogP contribution in [0.3, 0.4) is 0 Å². The van der Waals surface area contributed by atoms with E-state index in [0.29, 0.717) is 12.6 Å². The second-order valence-corrected chi connectivity index (χ2v) is 8.75. The number of amides is 2. The van der Waals surface area contributed by atoms with Crippen LogP contribution in [0, 0.1) is 13.8 Å². The van der Waals surface area contributed by atoms with Gasteiger partial charge in [-0.2, -0.15) is 0 Å². The number of benzene rings is 2. The van der Waals surface area contributed by atoms with Crippen LogP contribution in [-0.2, 0) is 6.54 Å². The Kier molecular flexibility index (Phi) is 7.92. The lowest BCUT2D eigenvalue weighted by molar-refractivity contribution is 0.0989. The first kappa shape index (κ1) is 22.4. The monoisotopic (exact) mass is 407 g/mol. The molecule has 1 saturated heterocycles. The van der Waals surface area contributed by atoms with Crippen LogP contribution >= 0.6 is 0 Å². The fourth-order valence-corrected chi connectivity index (χ4v) is 4.40. The molecule has 2 amide bonds. The number of carbonyl (C=O) groups excluding carboxylic acids is 1. The number of carbonyl (C=O) groups is 1. The minimum atomic E-state index is 0.00200. The van der Waals surface area contributed by atoms with Crippen molar-refractivity contribution in [2.45, 2.75) is 72.0 Å². The Morgan fingerprint density at radius 1 is 1.10 bits per heavy atom. The van der Waals surface area contributed by atoms with Crippen LogP contribution in [0.5, 0.6) is 0 Å². The molecule has 0 aromatic heterocycles. The molecule has 1 unspecified atom stereocenters. The van der Waals surface area contributed by atoms with Gasteiger partial charge in [-0.1, -0.05) is 49.7 Å². The molecule has 1 heterocycles. The molecule has 2 aromatic carbocycles. The van der Waals surface area contributed by atoms with E-state index in [0.717, 1.165) is 31.6 Å². The third-order valence-corrected chi connectivity index (χ3v) is 6.48. The van der Waals surface area contributed by atoms with Crippen LogP contribution in [0.4, 0.5) is 10.5 Å². The normalized spacial score (nSPS) is 16.3. The molecule has 1 atom stereocenters. The van der Waals surface area contributed by atoms with Gasteiger partial charge in [0, 0.05) is 37.4 Å². The predicted molar refractivity (Wildman–Crippen MR) is 126 cm³/mol. The summed E-state index contributed by atoms with van der Waals surface area (Å²) < 4.78 is 0. The molecule has 0 radical (unpaired) electrons. The minimum absolute atomic E-state index is 0.00200. The summed E-state index contributed by atoms with van der Waals surface area (Å²) in [4.78, 5) is 18.0. The zero-order valence-corrected chi connectivity index (χ0v) is 19.0. The molecule has 0 spiro atoms. The minimum Gasteiger partial charge on any atom is -0.317 e. The van der Waals surface area contributed by atoms with Gasteiger partial charge >= 0.3 is 6.03 Å². The molecule has 0 saturated carbocycles. The Bertz CT molecular complexity index is 812. The number of nitrogens with zero attached hydrogens (tertiary/aromatic N) is 2. The molecule has 3 rings (SSSR count). The maximum Gasteiger partial charge on any atom is 0.322 e. The van der Waals surface area contributed by atoms with Crippen LogP contribution in [0.15, 0.2) is 48.5 Å². The zero-order chi connectivity index (χ0) is 21.5. The number of likely N-dealkylation sites (tertiary alicyclic amines) is 1. The van der Waals surface area contributed by atoms with Gasteiger partial charge in [-0.3, -0.25) is 0 Å². The first-order valence-electron chi connectivity index (χ1n) is 11.4. The number of rotatable bonds is 7. The van der Waals surface area contributed by atoms with Crippen molar-refractivity contribution in [3.8, 4) is 0 Å². The van der Waals surface area contributed by atoms with E-state index in [9.17, 15) is 4.79 Å². The molecule has 4 nitrogen and oxygen atoms in total. The summed E-state index contributed by atoms with van der Waals surface area (Å²) in [5, 5.41) is 3.16. The molecule has 162 valence electrons. The number of nitrogens with one attached hydrogen (secondary N) is 1. The Morgan fingerprint density at radius 3 is 2.43 bits per heavy atom. The van der Waals surface area contributed by atoms with E-state index >= 15 is 0 Å². The van der Waals surface area contributed by atoms with E-state index in [2.05, 4.69) is 62.2 Å². The molecule has 0 aliphatic carbocycles. The van der Waals surface area contributed by atoms with Gasteiger partial charge in [0.1, 0.15) is 0 Å². The molecule has 1 fully saturated rings. The van der Waals surface area contributed by atoms with Crippen molar-refractivity contribution in [2.24, 2.45) is 0 Å². The van der Waals surface area contributed by atoms with Crippen LogP contribution in [0.1, 0.15) is 56.2 Å². The van der Waals surface area contributed by atoms with Crippen LogP contribution < -0.4 is 5.32 Å². The van der Waals surface area contributed by atoms with Gasteiger partial charge in [0.25, 0.3) is 0 Å². The van der Waals surface area contributed by atoms with E-state index in [4.69, 9.17) is 0 Å². The van der Waals surface area contributed by atoms with Gasteiger partial charge in [0.2, 0.25) is 0 Å². The SMILES string of the molecule is CCCC(C)N1CCC(N(Cc2ccccc2)C(=O)Nc2ccc(C)c(C)c2)CC1. The van der Waals surface area contributed by atoms with Crippen molar-refractivity contribution in [1.82, 2.24) is 9.80 Å². The summed E-state index contributed by atoms with van der Waals surface area (Å²) in [7, 11) is 0. The van der Waals surface area contributed by atoms with Crippen molar-refractivity contribution >= 4 is 11.7 Å². The third-order valence-electron chi connectivity index (χ3n) is 6.48. The lowest BCUT2D eigenvalue weighted by atomic mass is 10.00. The Morgan fingerprint density at radius 2 is 1.80 bits per heavy atom. The first-order valence-corrected chi connectivity index (χ1v) is 11.4. The standard InChI is InChI=1S/C26H37N3O/c1-5-9-22(4)28-16-14-25(15-17-28)29(19-23-10-7-6-8-11-23)26(30)27-24-13-12-20(2)21(3)18-24/h6-8,10-13,18,22,25H,5,9,14-17,19H2,1-4H3,(H,27,30). The molecule has 0 bridgehead atoms. The number of hydrogen-bond donors (Lipinski definition) is 1. The first-order chi connectivity index (χ1) is 14.5. The van der Waals surface area contributed by atoms with Crippen molar-refractivity contribution in [3.63, 3.8) is 0 Å². The van der Waals surface area contributed by atoms with Gasteiger partial charge in [-0.05, 0) is 68.9 Å². The van der Waals surface area contributed by atoms with Gasteiger partial charge in [-0.25, -0.2) is 4.79 Å². The van der Waals surface area contributed by atoms with Gasteiger partial charge < -0.3 is 15.1 Å². The van der Waals surface area contributed by atoms with Crippen molar-refractivity contribution in [1.29, 1.82) is 0 Å². The molecule has 1 N–H and O–H groups in total. The number of anilines is 1. The largest absolute Gasteiger partial charge is 0.322 e. The average Bonchev–Trinajstić information content (AvgIpc) is 2.75. The second-order valence-electron chi connectivity index (χ2n) is 8.75. The highest BCUT2D eigenvalue weighted by Gasteiger charge is 2.29. The summed E-state index contributed by atoms with van der Waals surface area (Å²) in [5.41, 5.74) is 4.48. The lowest BCUT2D eigenvalue weighted by Gasteiger charge is -2.40. The summed E-state index contributed by atoms with van der Waals surface area (Å²) in [6.07, 6.45) is 4.52. The number of hydrogen-bond acceptors (Lipinski definition) is 2. The van der Waals surface area contributed by atoms with E-state index in [1.54, 1.807) is 0 Å². The van der Waals surface area contributed by atoms with Gasteiger partial charge in [-0.15, -0.1) is 0 Å². The predicted octanol–water partition coefficient (Wildman–Crippen LogP) is 5.99. The van der Waals surface area contributed by atoms with Gasteiger partial charge in [0.05, 0.1) is 0 Å². The molecular weight excluding hydrogens is 370 g/mol. The second kappa shape index (κ2) is 10.6. The molecule has 1 aliphatic heterocycles. The highest BCUT2D eigenvalue weighted by Crippen LogP contribution is 2.23. The highest BCUT2D eigenvalue weighted by atomic mass is 16.2.